The van der Waals surface area contributed by atoms with Crippen molar-refractivity contribution in [2.75, 3.05) is 6.54 Å². The molecule has 1 aliphatic carbocycles. The molecule has 0 bridgehead atoms. The Balaban J connectivity index is 2.04. The van der Waals surface area contributed by atoms with Crippen LogP contribution in [0, 0.1) is 5.92 Å². The highest BCUT2D eigenvalue weighted by Gasteiger charge is 2.13. The summed E-state index contributed by atoms with van der Waals surface area (Å²) < 4.78 is 0. The summed E-state index contributed by atoms with van der Waals surface area (Å²) in [7, 11) is 0. The summed E-state index contributed by atoms with van der Waals surface area (Å²) >= 11 is 0. The molecule has 0 unspecified atom stereocenters. The molecule has 1 fully saturated rings. The van der Waals surface area contributed by atoms with E-state index in [0.29, 0.717) is 0 Å². The molecule has 1 amide bonds. The molecular formula is C12H21NO2. The number of Topliss-reactive ketones (excluding diaryl/α,β-unsaturated/α-hetero) is 1. The van der Waals surface area contributed by atoms with Crippen molar-refractivity contribution in [3.63, 3.8) is 0 Å². The Hall–Kier alpha value is -0.860. The summed E-state index contributed by atoms with van der Waals surface area (Å²) in [6, 6.07) is 0. The Bertz CT molecular complexity index is 220. The molecule has 15 heavy (non-hydrogen) atoms. The summed E-state index contributed by atoms with van der Waals surface area (Å²) in [4.78, 5) is 21.8. The number of hydrogen-bond acceptors (Lipinski definition) is 2. The van der Waals surface area contributed by atoms with Gasteiger partial charge in [-0.05, 0) is 19.3 Å². The summed E-state index contributed by atoms with van der Waals surface area (Å²) in [6.07, 6.45) is 7.77. The van der Waals surface area contributed by atoms with Gasteiger partial charge in [-0.15, -0.1) is 0 Å². The third-order valence-electron chi connectivity index (χ3n) is 3.01. The number of rotatable bonds is 5. The molecule has 0 aliphatic heterocycles. The van der Waals surface area contributed by atoms with Crippen molar-refractivity contribution in [3.8, 4) is 0 Å². The molecule has 3 heteroatoms. The maximum absolute atomic E-state index is 11.2. The van der Waals surface area contributed by atoms with E-state index in [1.807, 2.05) is 0 Å². The molecule has 1 aliphatic rings. The largest absolute Gasteiger partial charge is 0.356 e. The van der Waals surface area contributed by atoms with Gasteiger partial charge >= 0.3 is 0 Å². The molecule has 0 aromatic carbocycles. The third-order valence-corrected chi connectivity index (χ3v) is 3.01. The van der Waals surface area contributed by atoms with E-state index in [4.69, 9.17) is 0 Å². The van der Waals surface area contributed by atoms with E-state index in [1.54, 1.807) is 0 Å². The highest BCUT2D eigenvalue weighted by atomic mass is 16.2. The predicted molar refractivity (Wildman–Crippen MR) is 59.5 cm³/mol. The monoisotopic (exact) mass is 211 g/mol. The Labute approximate surface area is 91.6 Å². The van der Waals surface area contributed by atoms with Gasteiger partial charge in [-0.1, -0.05) is 32.1 Å². The van der Waals surface area contributed by atoms with Gasteiger partial charge in [-0.2, -0.15) is 0 Å². The van der Waals surface area contributed by atoms with E-state index in [2.05, 4.69) is 5.32 Å². The lowest BCUT2D eigenvalue weighted by molar-refractivity contribution is -0.127. The van der Waals surface area contributed by atoms with Crippen molar-refractivity contribution in [2.24, 2.45) is 5.92 Å². The molecule has 0 aromatic heterocycles. The number of ketones is 1. The molecular weight excluding hydrogens is 190 g/mol. The summed E-state index contributed by atoms with van der Waals surface area (Å²) in [5, 5.41) is 2.80. The first-order chi connectivity index (χ1) is 7.18. The van der Waals surface area contributed by atoms with Crippen LogP contribution in [0.5, 0.6) is 0 Å². The summed E-state index contributed by atoms with van der Waals surface area (Å²) in [5.41, 5.74) is 0. The highest BCUT2D eigenvalue weighted by molar-refractivity contribution is 5.96. The molecule has 0 saturated heterocycles. The maximum atomic E-state index is 11.2. The first-order valence-electron chi connectivity index (χ1n) is 5.94. The van der Waals surface area contributed by atoms with Crippen LogP contribution in [-0.2, 0) is 9.59 Å². The summed E-state index contributed by atoms with van der Waals surface area (Å²) in [6.45, 7) is 2.18. The van der Waals surface area contributed by atoms with E-state index in [0.717, 1.165) is 18.9 Å². The van der Waals surface area contributed by atoms with Crippen molar-refractivity contribution >= 4 is 11.7 Å². The predicted octanol–water partition coefficient (Wildman–Crippen LogP) is 2.05. The molecule has 0 spiro atoms. The first kappa shape index (κ1) is 12.2. The fourth-order valence-corrected chi connectivity index (χ4v) is 2.18. The molecule has 0 atom stereocenters. The molecule has 3 nitrogen and oxygen atoms in total. The Kier molecular flexibility index (Phi) is 5.37. The van der Waals surface area contributed by atoms with Gasteiger partial charge in [0.1, 0.15) is 5.78 Å². The van der Waals surface area contributed by atoms with Crippen molar-refractivity contribution in [3.05, 3.63) is 0 Å². The second kappa shape index (κ2) is 6.59. The Morgan fingerprint density at radius 1 is 1.20 bits per heavy atom. The first-order valence-corrected chi connectivity index (χ1v) is 5.94. The van der Waals surface area contributed by atoms with Crippen LogP contribution in [0.25, 0.3) is 0 Å². The second-order valence-corrected chi connectivity index (χ2v) is 4.52. The van der Waals surface area contributed by atoms with Gasteiger partial charge in [0.2, 0.25) is 5.91 Å². The minimum absolute atomic E-state index is 0.0324. The number of carbonyl (C=O) groups is 2. The molecule has 1 rings (SSSR count). The van der Waals surface area contributed by atoms with Crippen LogP contribution in [0.4, 0.5) is 0 Å². The van der Waals surface area contributed by atoms with Crippen molar-refractivity contribution < 1.29 is 9.59 Å². The van der Waals surface area contributed by atoms with Crippen LogP contribution < -0.4 is 5.32 Å². The maximum Gasteiger partial charge on any atom is 0.227 e. The van der Waals surface area contributed by atoms with Gasteiger partial charge in [0, 0.05) is 6.54 Å². The van der Waals surface area contributed by atoms with E-state index >= 15 is 0 Å². The molecule has 1 saturated carbocycles. The summed E-state index contributed by atoms with van der Waals surface area (Å²) in [5.74, 6) is 0.597. The SMILES string of the molecule is CC(=O)CC(=O)NCCC1CCCCC1. The van der Waals surface area contributed by atoms with Crippen LogP contribution in [0.15, 0.2) is 0 Å². The molecule has 0 radical (unpaired) electrons. The van der Waals surface area contributed by atoms with Gasteiger partial charge in [0.15, 0.2) is 0 Å². The lowest BCUT2D eigenvalue weighted by Crippen LogP contribution is -2.27. The second-order valence-electron chi connectivity index (χ2n) is 4.52. The van der Waals surface area contributed by atoms with E-state index in [-0.39, 0.29) is 18.1 Å². The minimum atomic E-state index is -0.127. The zero-order valence-electron chi connectivity index (χ0n) is 9.55. The van der Waals surface area contributed by atoms with Crippen LogP contribution in [0.2, 0.25) is 0 Å². The van der Waals surface area contributed by atoms with Crippen molar-refractivity contribution in [1.82, 2.24) is 5.32 Å². The number of nitrogens with one attached hydrogen (secondary N) is 1. The zero-order valence-corrected chi connectivity index (χ0v) is 9.55. The number of hydrogen-bond donors (Lipinski definition) is 1. The topological polar surface area (TPSA) is 46.2 Å². The van der Waals surface area contributed by atoms with Gasteiger partial charge in [0.25, 0.3) is 0 Å². The van der Waals surface area contributed by atoms with Crippen LogP contribution in [0.3, 0.4) is 0 Å². The fourth-order valence-electron chi connectivity index (χ4n) is 2.18. The average Bonchev–Trinajstić information content (AvgIpc) is 2.18. The standard InChI is InChI=1S/C12H21NO2/c1-10(14)9-12(15)13-8-7-11-5-3-2-4-6-11/h11H,2-9H2,1H3,(H,13,15). The van der Waals surface area contributed by atoms with Crippen molar-refractivity contribution in [1.29, 1.82) is 0 Å². The van der Waals surface area contributed by atoms with E-state index < -0.39 is 0 Å². The van der Waals surface area contributed by atoms with Crippen LogP contribution in [0.1, 0.15) is 51.9 Å². The molecule has 0 heterocycles. The van der Waals surface area contributed by atoms with E-state index in [9.17, 15) is 9.59 Å². The molecule has 0 aromatic rings. The van der Waals surface area contributed by atoms with Crippen LogP contribution in [-0.4, -0.2) is 18.2 Å². The normalized spacial score (nSPS) is 17.4. The number of amides is 1. The van der Waals surface area contributed by atoms with Gasteiger partial charge in [0.05, 0.1) is 6.42 Å². The Morgan fingerprint density at radius 2 is 1.87 bits per heavy atom. The third kappa shape index (κ3) is 5.55. The zero-order chi connectivity index (χ0) is 11.1. The van der Waals surface area contributed by atoms with Crippen LogP contribution >= 0.6 is 0 Å². The van der Waals surface area contributed by atoms with Gasteiger partial charge < -0.3 is 5.32 Å². The lowest BCUT2D eigenvalue weighted by atomic mass is 9.87. The molecule has 1 N–H and O–H groups in total. The van der Waals surface area contributed by atoms with E-state index in [1.165, 1.54) is 39.0 Å². The minimum Gasteiger partial charge on any atom is -0.356 e. The Morgan fingerprint density at radius 3 is 2.47 bits per heavy atom. The van der Waals surface area contributed by atoms with Crippen molar-refractivity contribution in [2.45, 2.75) is 51.9 Å². The van der Waals surface area contributed by atoms with Gasteiger partial charge in [-0.25, -0.2) is 0 Å². The number of carbonyl (C=O) groups excluding carboxylic acids is 2. The fraction of sp³-hybridized carbons (Fsp3) is 0.833. The quantitative estimate of drug-likeness (QED) is 0.707. The average molecular weight is 211 g/mol. The smallest absolute Gasteiger partial charge is 0.227 e. The lowest BCUT2D eigenvalue weighted by Gasteiger charge is -2.21. The van der Waals surface area contributed by atoms with Gasteiger partial charge in [-0.3, -0.25) is 9.59 Å². The molecule has 86 valence electrons. The highest BCUT2D eigenvalue weighted by Crippen LogP contribution is 2.25.